The summed E-state index contributed by atoms with van der Waals surface area (Å²) in [7, 11) is 0. The van der Waals surface area contributed by atoms with Crippen LogP contribution in [0.5, 0.6) is 11.5 Å². The molecule has 2 heterocycles. The minimum Gasteiger partial charge on any atom is -0.456 e. The molecule has 42 heavy (non-hydrogen) atoms. The fourth-order valence-corrected chi connectivity index (χ4v) is 7.61. The summed E-state index contributed by atoms with van der Waals surface area (Å²) in [6.07, 6.45) is 0. The number of thiophene rings is 1. The van der Waals surface area contributed by atoms with Gasteiger partial charge in [-0.2, -0.15) is 0 Å². The van der Waals surface area contributed by atoms with Crippen molar-refractivity contribution < 1.29 is 4.74 Å². The Morgan fingerprint density at radius 1 is 0.381 bits per heavy atom. The minimum absolute atomic E-state index is 0.908. The summed E-state index contributed by atoms with van der Waals surface area (Å²) < 4.78 is 9.00. The lowest BCUT2D eigenvalue weighted by Gasteiger charge is -2.22. The van der Waals surface area contributed by atoms with Crippen molar-refractivity contribution in [2.75, 3.05) is 0 Å². The molecule has 0 spiro atoms. The first-order valence-electron chi connectivity index (χ1n) is 14.3. The molecule has 0 aliphatic carbocycles. The Kier molecular flexibility index (Phi) is 5.13. The summed E-state index contributed by atoms with van der Waals surface area (Å²) >= 11 is 1.87. The van der Waals surface area contributed by atoms with Crippen LogP contribution < -0.4 is 4.74 Å². The van der Waals surface area contributed by atoms with Crippen molar-refractivity contribution in [2.24, 2.45) is 0 Å². The van der Waals surface area contributed by atoms with Crippen LogP contribution in [0.2, 0.25) is 0 Å². The third kappa shape index (κ3) is 3.62. The highest BCUT2D eigenvalue weighted by Crippen LogP contribution is 2.47. The van der Waals surface area contributed by atoms with Gasteiger partial charge in [-0.3, -0.25) is 0 Å². The van der Waals surface area contributed by atoms with Crippen LogP contribution >= 0.6 is 11.3 Å². The van der Waals surface area contributed by atoms with E-state index in [2.05, 4.69) is 146 Å². The normalized spacial score (nSPS) is 12.0. The van der Waals surface area contributed by atoms with Crippen LogP contribution in [0.1, 0.15) is 0 Å². The first kappa shape index (κ1) is 23.5. The molecule has 0 saturated heterocycles. The van der Waals surface area contributed by atoms with Crippen molar-refractivity contribution in [1.29, 1.82) is 0 Å². The number of benzene rings is 7. The molecular formula is C40H24OS. The molecule has 7 aromatic carbocycles. The number of fused-ring (bicyclic) bond motifs is 5. The van der Waals surface area contributed by atoms with Gasteiger partial charge in [0.2, 0.25) is 0 Å². The van der Waals surface area contributed by atoms with E-state index < -0.39 is 0 Å². The van der Waals surface area contributed by atoms with Crippen molar-refractivity contribution in [3.05, 3.63) is 146 Å². The van der Waals surface area contributed by atoms with Crippen LogP contribution in [0, 0.1) is 0 Å². The van der Waals surface area contributed by atoms with Crippen LogP contribution in [0.3, 0.4) is 0 Å². The summed E-state index contributed by atoms with van der Waals surface area (Å²) in [5.74, 6) is 1.84. The van der Waals surface area contributed by atoms with E-state index in [9.17, 15) is 0 Å². The Labute approximate surface area is 247 Å². The SMILES string of the molecule is c1cc(-c2ccc(-c3cccc4sc5ccccc5c34)cc2)cc(-c2ccc3c(c2)-c2cccc4cccc(c24)O3)c1. The average Bonchev–Trinajstić information content (AvgIpc) is 3.44. The van der Waals surface area contributed by atoms with Crippen molar-refractivity contribution in [1.82, 2.24) is 0 Å². The lowest BCUT2D eigenvalue weighted by atomic mass is 9.91. The van der Waals surface area contributed by atoms with Gasteiger partial charge in [0.1, 0.15) is 11.5 Å². The second-order valence-electron chi connectivity index (χ2n) is 10.9. The van der Waals surface area contributed by atoms with Crippen LogP contribution in [0.25, 0.3) is 75.5 Å². The first-order valence-corrected chi connectivity index (χ1v) is 15.1. The average molecular weight is 553 g/mol. The maximum atomic E-state index is 6.33. The minimum atomic E-state index is 0.908. The van der Waals surface area contributed by atoms with Gasteiger partial charge in [0.05, 0.1) is 0 Å². The molecule has 1 aliphatic rings. The molecule has 1 aromatic heterocycles. The monoisotopic (exact) mass is 552 g/mol. The number of rotatable bonds is 3. The third-order valence-corrected chi connectivity index (χ3v) is 9.62. The largest absolute Gasteiger partial charge is 0.456 e. The smallest absolute Gasteiger partial charge is 0.135 e. The third-order valence-electron chi connectivity index (χ3n) is 8.48. The van der Waals surface area contributed by atoms with E-state index in [1.807, 2.05) is 11.3 Å². The molecule has 0 amide bonds. The predicted octanol–water partition coefficient (Wildman–Crippen LogP) is 12.0. The zero-order valence-corrected chi connectivity index (χ0v) is 23.5. The van der Waals surface area contributed by atoms with Gasteiger partial charge >= 0.3 is 0 Å². The van der Waals surface area contributed by atoms with Gasteiger partial charge in [-0.15, -0.1) is 11.3 Å². The van der Waals surface area contributed by atoms with Crippen molar-refractivity contribution in [3.63, 3.8) is 0 Å². The molecule has 0 saturated carbocycles. The molecule has 0 N–H and O–H groups in total. The Balaban J connectivity index is 1.09. The maximum absolute atomic E-state index is 6.33. The molecule has 0 atom stereocenters. The second-order valence-corrected chi connectivity index (χ2v) is 12.0. The Morgan fingerprint density at radius 3 is 1.95 bits per heavy atom. The lowest BCUT2D eigenvalue weighted by molar-refractivity contribution is 0.487. The van der Waals surface area contributed by atoms with Crippen LogP contribution in [-0.4, -0.2) is 0 Å². The van der Waals surface area contributed by atoms with E-state index in [0.717, 1.165) is 17.1 Å². The molecule has 196 valence electrons. The van der Waals surface area contributed by atoms with Gasteiger partial charge in [-0.05, 0) is 80.7 Å². The summed E-state index contributed by atoms with van der Waals surface area (Å²) in [5.41, 5.74) is 9.70. The van der Waals surface area contributed by atoms with Gasteiger partial charge in [0, 0.05) is 31.1 Å². The summed E-state index contributed by atoms with van der Waals surface area (Å²) in [6.45, 7) is 0. The quantitative estimate of drug-likeness (QED) is 0.212. The molecule has 0 fully saturated rings. The van der Waals surface area contributed by atoms with E-state index in [-0.39, 0.29) is 0 Å². The molecular weight excluding hydrogens is 529 g/mol. The topological polar surface area (TPSA) is 9.23 Å². The van der Waals surface area contributed by atoms with Gasteiger partial charge in [0.15, 0.2) is 0 Å². The number of hydrogen-bond donors (Lipinski definition) is 0. The fraction of sp³-hybridized carbons (Fsp3) is 0. The Bertz CT molecular complexity index is 2320. The number of hydrogen-bond acceptors (Lipinski definition) is 2. The highest BCUT2D eigenvalue weighted by molar-refractivity contribution is 7.25. The Hall–Kier alpha value is -5.18. The molecule has 0 radical (unpaired) electrons. The highest BCUT2D eigenvalue weighted by atomic mass is 32.1. The summed E-state index contributed by atoms with van der Waals surface area (Å²) in [4.78, 5) is 0. The highest BCUT2D eigenvalue weighted by Gasteiger charge is 2.20. The van der Waals surface area contributed by atoms with Crippen molar-refractivity contribution in [3.8, 4) is 56.0 Å². The summed E-state index contributed by atoms with van der Waals surface area (Å²) in [6, 6.07) is 52.5. The lowest BCUT2D eigenvalue weighted by Crippen LogP contribution is -1.97. The fourth-order valence-electron chi connectivity index (χ4n) is 6.48. The molecule has 1 aliphatic heterocycles. The standard InChI is InChI=1S/C40H24OS/c1-2-15-37-33(11-1)40-31(12-6-16-38(40)42-37)26-19-17-25(18-20-26)28-9-3-10-29(23-28)30-21-22-35-34(24-30)32-13-4-7-27-8-5-14-36(41-35)39(27)32/h1-24H. The number of ether oxygens (including phenoxy) is 1. The maximum Gasteiger partial charge on any atom is 0.135 e. The van der Waals surface area contributed by atoms with Crippen molar-refractivity contribution >= 4 is 42.3 Å². The van der Waals surface area contributed by atoms with E-state index in [1.165, 1.54) is 69.9 Å². The first-order chi connectivity index (χ1) is 20.8. The van der Waals surface area contributed by atoms with Gasteiger partial charge < -0.3 is 4.74 Å². The Morgan fingerprint density at radius 2 is 1.05 bits per heavy atom. The van der Waals surface area contributed by atoms with Gasteiger partial charge in [-0.25, -0.2) is 0 Å². The van der Waals surface area contributed by atoms with E-state index in [4.69, 9.17) is 4.74 Å². The zero-order valence-electron chi connectivity index (χ0n) is 22.7. The predicted molar refractivity (Wildman–Crippen MR) is 179 cm³/mol. The molecule has 1 nitrogen and oxygen atoms in total. The van der Waals surface area contributed by atoms with E-state index >= 15 is 0 Å². The van der Waals surface area contributed by atoms with Crippen LogP contribution in [0.15, 0.2) is 146 Å². The molecule has 0 unspecified atom stereocenters. The molecule has 9 rings (SSSR count). The van der Waals surface area contributed by atoms with Crippen LogP contribution in [0.4, 0.5) is 0 Å². The molecule has 0 bridgehead atoms. The van der Waals surface area contributed by atoms with Crippen molar-refractivity contribution in [2.45, 2.75) is 0 Å². The molecule has 2 heteroatoms. The van der Waals surface area contributed by atoms with E-state index in [0.29, 0.717) is 0 Å². The second kappa shape index (κ2) is 9.17. The van der Waals surface area contributed by atoms with Crippen LogP contribution in [-0.2, 0) is 0 Å². The van der Waals surface area contributed by atoms with Gasteiger partial charge in [-0.1, -0.05) is 109 Å². The van der Waals surface area contributed by atoms with E-state index in [1.54, 1.807) is 0 Å². The molecule has 8 aromatic rings. The van der Waals surface area contributed by atoms with Gasteiger partial charge in [0.25, 0.3) is 0 Å². The zero-order chi connectivity index (χ0) is 27.6. The summed E-state index contributed by atoms with van der Waals surface area (Å²) in [5, 5.41) is 5.07.